The van der Waals surface area contributed by atoms with E-state index in [0.29, 0.717) is 18.8 Å². The van der Waals surface area contributed by atoms with Crippen LogP contribution in [0.4, 0.5) is 0 Å². The van der Waals surface area contributed by atoms with Gasteiger partial charge in [0.1, 0.15) is 12.2 Å². The van der Waals surface area contributed by atoms with Crippen molar-refractivity contribution in [2.45, 2.75) is 13.5 Å². The molecule has 0 unspecified atom stereocenters. The number of carboxylic acid groups (broad SMARTS) is 1. The highest BCUT2D eigenvalue weighted by atomic mass is 16.4. The molecule has 7 heteroatoms. The number of hydrogen-bond donors (Lipinski definition) is 1. The van der Waals surface area contributed by atoms with Crippen LogP contribution in [0.1, 0.15) is 18.2 Å². The van der Waals surface area contributed by atoms with E-state index in [2.05, 4.69) is 10.3 Å². The first-order valence-corrected chi connectivity index (χ1v) is 7.21. The molecule has 1 aromatic heterocycles. The minimum atomic E-state index is -1.04. The minimum absolute atomic E-state index is 0.319. The maximum Gasteiger partial charge on any atom is 0.323 e. The van der Waals surface area contributed by atoms with Crippen molar-refractivity contribution in [3.05, 3.63) is 53.9 Å². The Morgan fingerprint density at radius 3 is 2.70 bits per heavy atom. The van der Waals surface area contributed by atoms with Crippen molar-refractivity contribution in [1.29, 1.82) is 0 Å². The van der Waals surface area contributed by atoms with Crippen molar-refractivity contribution in [3.63, 3.8) is 0 Å². The van der Waals surface area contributed by atoms with E-state index in [4.69, 9.17) is 5.11 Å². The van der Waals surface area contributed by atoms with Crippen LogP contribution in [0.3, 0.4) is 0 Å². The number of aromatic nitrogens is 3. The first-order valence-electron chi connectivity index (χ1n) is 7.21. The molecule has 0 bridgehead atoms. The van der Waals surface area contributed by atoms with Gasteiger partial charge in [0.25, 0.3) is 0 Å². The summed E-state index contributed by atoms with van der Waals surface area (Å²) in [6.07, 6.45) is 4.56. The monoisotopic (exact) mass is 314 g/mol. The highest BCUT2D eigenvalue weighted by molar-refractivity contribution is 5.93. The Morgan fingerprint density at radius 2 is 2.04 bits per heavy atom. The molecule has 0 aliphatic heterocycles. The molecule has 1 heterocycles. The topological polar surface area (TPSA) is 88.3 Å². The third kappa shape index (κ3) is 5.06. The third-order valence-corrected chi connectivity index (χ3v) is 3.16. The largest absolute Gasteiger partial charge is 0.480 e. The van der Waals surface area contributed by atoms with Crippen molar-refractivity contribution in [1.82, 2.24) is 19.9 Å². The van der Waals surface area contributed by atoms with E-state index in [0.717, 1.165) is 5.56 Å². The summed E-state index contributed by atoms with van der Waals surface area (Å²) in [4.78, 5) is 23.8. The molecule has 0 saturated carbocycles. The van der Waals surface area contributed by atoms with Crippen LogP contribution in [0, 0.1) is 0 Å². The van der Waals surface area contributed by atoms with Crippen LogP contribution in [-0.4, -0.2) is 50.0 Å². The zero-order valence-corrected chi connectivity index (χ0v) is 12.8. The van der Waals surface area contributed by atoms with Gasteiger partial charge in [-0.2, -0.15) is 0 Å². The molecule has 0 aliphatic carbocycles. The summed E-state index contributed by atoms with van der Waals surface area (Å²) >= 11 is 0. The Labute approximate surface area is 133 Å². The Kier molecular flexibility index (Phi) is 5.62. The molecular weight excluding hydrogens is 296 g/mol. The maximum absolute atomic E-state index is 11.9. The van der Waals surface area contributed by atoms with Crippen LogP contribution in [-0.2, 0) is 16.1 Å². The van der Waals surface area contributed by atoms with Crippen LogP contribution in [0.2, 0.25) is 0 Å². The Balaban J connectivity index is 1.98. The molecule has 7 nitrogen and oxygen atoms in total. The average molecular weight is 314 g/mol. The Bertz CT molecular complexity index is 694. The smallest absolute Gasteiger partial charge is 0.323 e. The SMILES string of the molecule is CCN(CC(=O)O)C(=O)/C=C/c1cn(Cc2ccccc2)nn1. The number of benzene rings is 1. The molecule has 2 aromatic rings. The molecular formula is C16H18N4O3. The van der Waals surface area contributed by atoms with E-state index in [9.17, 15) is 9.59 Å². The summed E-state index contributed by atoms with van der Waals surface area (Å²) < 4.78 is 1.67. The lowest BCUT2D eigenvalue weighted by molar-refractivity contribution is -0.142. The third-order valence-electron chi connectivity index (χ3n) is 3.16. The predicted octanol–water partition coefficient (Wildman–Crippen LogP) is 1.27. The lowest BCUT2D eigenvalue weighted by Crippen LogP contribution is -2.34. The van der Waals surface area contributed by atoms with Crippen LogP contribution in [0.5, 0.6) is 0 Å². The van der Waals surface area contributed by atoms with E-state index < -0.39 is 5.97 Å². The van der Waals surface area contributed by atoms with Crippen molar-refractivity contribution < 1.29 is 14.7 Å². The minimum Gasteiger partial charge on any atom is -0.480 e. The Hall–Kier alpha value is -2.96. The second-order valence-corrected chi connectivity index (χ2v) is 4.91. The van der Waals surface area contributed by atoms with Gasteiger partial charge >= 0.3 is 5.97 Å². The second-order valence-electron chi connectivity index (χ2n) is 4.91. The molecule has 120 valence electrons. The zero-order chi connectivity index (χ0) is 16.7. The lowest BCUT2D eigenvalue weighted by atomic mass is 10.2. The molecule has 0 aliphatic rings. The molecule has 2 rings (SSSR count). The Morgan fingerprint density at radius 1 is 1.30 bits per heavy atom. The molecule has 1 N–H and O–H groups in total. The molecule has 23 heavy (non-hydrogen) atoms. The van der Waals surface area contributed by atoms with Gasteiger partial charge in [0.15, 0.2) is 0 Å². The molecule has 1 aromatic carbocycles. The summed E-state index contributed by atoms with van der Waals surface area (Å²) in [7, 11) is 0. The molecule has 0 radical (unpaired) electrons. The first-order chi connectivity index (χ1) is 11.1. The predicted molar refractivity (Wildman–Crippen MR) is 84.5 cm³/mol. The average Bonchev–Trinajstić information content (AvgIpc) is 2.98. The highest BCUT2D eigenvalue weighted by Gasteiger charge is 2.12. The van der Waals surface area contributed by atoms with Crippen molar-refractivity contribution in [3.8, 4) is 0 Å². The van der Waals surface area contributed by atoms with Crippen molar-refractivity contribution in [2.24, 2.45) is 0 Å². The number of nitrogens with zero attached hydrogens (tertiary/aromatic N) is 4. The first kappa shape index (κ1) is 16.4. The van der Waals surface area contributed by atoms with E-state index in [-0.39, 0.29) is 12.5 Å². The van der Waals surface area contributed by atoms with Crippen LogP contribution in [0.15, 0.2) is 42.6 Å². The van der Waals surface area contributed by atoms with Crippen LogP contribution >= 0.6 is 0 Å². The van der Waals surface area contributed by atoms with Gasteiger partial charge in [0, 0.05) is 12.6 Å². The van der Waals surface area contributed by atoms with Crippen LogP contribution < -0.4 is 0 Å². The summed E-state index contributed by atoms with van der Waals surface area (Å²) in [5.41, 5.74) is 1.64. The number of hydrogen-bond acceptors (Lipinski definition) is 4. The quantitative estimate of drug-likeness (QED) is 0.778. The lowest BCUT2D eigenvalue weighted by Gasteiger charge is -2.15. The number of carbonyl (C=O) groups is 2. The van der Waals surface area contributed by atoms with Crippen LogP contribution in [0.25, 0.3) is 6.08 Å². The van der Waals surface area contributed by atoms with E-state index >= 15 is 0 Å². The van der Waals surface area contributed by atoms with Gasteiger partial charge in [0.05, 0.1) is 12.7 Å². The van der Waals surface area contributed by atoms with E-state index in [1.165, 1.54) is 17.1 Å². The summed E-state index contributed by atoms with van der Waals surface area (Å²) in [6.45, 7) is 2.33. The normalized spacial score (nSPS) is 10.8. The summed E-state index contributed by atoms with van der Waals surface area (Å²) in [5.74, 6) is -1.41. The summed E-state index contributed by atoms with van der Waals surface area (Å²) in [5, 5.41) is 16.7. The van der Waals surface area contributed by atoms with Gasteiger partial charge < -0.3 is 10.0 Å². The number of carboxylic acids is 1. The van der Waals surface area contributed by atoms with Crippen molar-refractivity contribution >= 4 is 18.0 Å². The molecule has 0 spiro atoms. The zero-order valence-electron chi connectivity index (χ0n) is 12.8. The summed E-state index contributed by atoms with van der Waals surface area (Å²) in [6, 6.07) is 9.83. The van der Waals surface area contributed by atoms with Crippen molar-refractivity contribution in [2.75, 3.05) is 13.1 Å². The second kappa shape index (κ2) is 7.88. The fourth-order valence-corrected chi connectivity index (χ4v) is 2.01. The molecule has 0 saturated heterocycles. The molecule has 0 fully saturated rings. The van der Waals surface area contributed by atoms with Gasteiger partial charge in [-0.05, 0) is 18.6 Å². The standard InChI is InChI=1S/C16H18N4O3/c1-2-19(12-16(22)23)15(21)9-8-14-11-20(18-17-14)10-13-6-4-3-5-7-13/h3-9,11H,2,10,12H2,1H3,(H,22,23)/b9-8+. The fraction of sp³-hybridized carbons (Fsp3) is 0.250. The van der Waals surface area contributed by atoms with Gasteiger partial charge in [-0.25, -0.2) is 4.68 Å². The van der Waals surface area contributed by atoms with Gasteiger partial charge in [-0.1, -0.05) is 35.5 Å². The van der Waals surface area contributed by atoms with Gasteiger partial charge in [0.2, 0.25) is 5.91 Å². The molecule has 1 amide bonds. The molecule has 0 atom stereocenters. The number of amides is 1. The van der Waals surface area contributed by atoms with Gasteiger partial charge in [-0.3, -0.25) is 9.59 Å². The maximum atomic E-state index is 11.9. The number of rotatable bonds is 7. The highest BCUT2D eigenvalue weighted by Crippen LogP contribution is 2.03. The number of carbonyl (C=O) groups excluding carboxylic acids is 1. The van der Waals surface area contributed by atoms with E-state index in [1.807, 2.05) is 30.3 Å². The van der Waals surface area contributed by atoms with E-state index in [1.54, 1.807) is 17.8 Å². The number of aliphatic carboxylic acids is 1. The fourth-order valence-electron chi connectivity index (χ4n) is 2.01. The number of likely N-dealkylation sites (N-methyl/N-ethyl adjacent to an activating group) is 1. The van der Waals surface area contributed by atoms with Gasteiger partial charge in [-0.15, -0.1) is 5.10 Å².